The first-order valence-electron chi connectivity index (χ1n) is 6.00. The lowest BCUT2D eigenvalue weighted by molar-refractivity contribution is -0.119. The summed E-state index contributed by atoms with van der Waals surface area (Å²) in [6.45, 7) is -0.310. The number of carbonyl (C=O) groups excluding carboxylic acids is 1. The third-order valence-corrected chi connectivity index (χ3v) is 4.77. The van der Waals surface area contributed by atoms with Crippen LogP contribution in [0.2, 0.25) is 10.0 Å². The summed E-state index contributed by atoms with van der Waals surface area (Å²) in [6.07, 6.45) is 2.89. The van der Waals surface area contributed by atoms with Crippen LogP contribution in [-0.2, 0) is 14.8 Å². The van der Waals surface area contributed by atoms with Crippen LogP contribution in [0.25, 0.3) is 0 Å². The van der Waals surface area contributed by atoms with Gasteiger partial charge in [0.15, 0.2) is 0 Å². The quantitative estimate of drug-likeness (QED) is 0.894. The molecule has 1 fully saturated rings. The van der Waals surface area contributed by atoms with E-state index in [-0.39, 0.29) is 34.2 Å². The Bertz CT molecular complexity index is 630. The Labute approximate surface area is 127 Å². The second-order valence-electron chi connectivity index (χ2n) is 4.68. The van der Waals surface area contributed by atoms with Crippen molar-refractivity contribution in [3.05, 3.63) is 28.2 Å². The van der Waals surface area contributed by atoms with E-state index in [0.717, 1.165) is 23.4 Å². The molecule has 20 heavy (non-hydrogen) atoms. The van der Waals surface area contributed by atoms with E-state index in [9.17, 15) is 13.2 Å². The molecule has 0 heterocycles. The molecule has 1 saturated carbocycles. The van der Waals surface area contributed by atoms with Crippen molar-refractivity contribution in [1.82, 2.24) is 5.32 Å². The Hall–Kier alpha value is -0.980. The molecule has 1 aromatic rings. The molecule has 110 valence electrons. The van der Waals surface area contributed by atoms with E-state index in [0.29, 0.717) is 0 Å². The molecule has 2 rings (SSSR count). The summed E-state index contributed by atoms with van der Waals surface area (Å²) in [5.74, 6) is -0.353. The maximum Gasteiger partial charge on any atom is 0.240 e. The summed E-state index contributed by atoms with van der Waals surface area (Å²) >= 11 is 11.9. The fourth-order valence-electron chi connectivity index (χ4n) is 1.70. The van der Waals surface area contributed by atoms with Gasteiger partial charge in [-0.25, -0.2) is 8.42 Å². The summed E-state index contributed by atoms with van der Waals surface area (Å²) in [4.78, 5) is 11.8. The number of carbonyl (C=O) groups is 1. The van der Waals surface area contributed by atoms with Gasteiger partial charge < -0.3 is 5.32 Å². The highest BCUT2D eigenvalue weighted by molar-refractivity contribution is 7.92. The van der Waals surface area contributed by atoms with Crippen molar-refractivity contribution in [2.75, 3.05) is 17.1 Å². The molecule has 0 aromatic heterocycles. The molecular formula is C12H14Cl2N2O3S. The Balaban J connectivity index is 2.27. The molecule has 1 N–H and O–H groups in total. The van der Waals surface area contributed by atoms with Crippen molar-refractivity contribution >= 4 is 44.8 Å². The largest absolute Gasteiger partial charge is 0.352 e. The predicted octanol–water partition coefficient (Wildman–Crippen LogP) is 2.04. The number of anilines is 1. The van der Waals surface area contributed by atoms with Crippen LogP contribution in [0.15, 0.2) is 18.2 Å². The average molecular weight is 337 g/mol. The first kappa shape index (κ1) is 15.4. The third-order valence-electron chi connectivity index (χ3n) is 2.83. The number of amides is 1. The number of nitrogens with one attached hydrogen (secondary N) is 1. The topological polar surface area (TPSA) is 66.5 Å². The number of nitrogens with zero attached hydrogens (tertiary/aromatic N) is 1. The first-order chi connectivity index (χ1) is 9.29. The molecule has 8 heteroatoms. The second-order valence-corrected chi connectivity index (χ2v) is 7.38. The lowest BCUT2D eigenvalue weighted by atomic mass is 10.3. The highest BCUT2D eigenvalue weighted by atomic mass is 35.5. The molecule has 1 aliphatic carbocycles. The van der Waals surface area contributed by atoms with E-state index in [4.69, 9.17) is 23.2 Å². The van der Waals surface area contributed by atoms with Crippen LogP contribution in [-0.4, -0.2) is 33.2 Å². The van der Waals surface area contributed by atoms with Crippen molar-refractivity contribution in [3.63, 3.8) is 0 Å². The Morgan fingerprint density at radius 3 is 2.60 bits per heavy atom. The Morgan fingerprint density at radius 1 is 1.40 bits per heavy atom. The van der Waals surface area contributed by atoms with Gasteiger partial charge in [0.05, 0.1) is 22.0 Å². The van der Waals surface area contributed by atoms with E-state index < -0.39 is 10.0 Å². The van der Waals surface area contributed by atoms with Gasteiger partial charge in [-0.3, -0.25) is 9.10 Å². The SMILES string of the molecule is CS(=O)(=O)N(CC(=O)NC1CC1)c1cccc(Cl)c1Cl. The maximum absolute atomic E-state index is 11.9. The average Bonchev–Trinajstić information content (AvgIpc) is 3.13. The van der Waals surface area contributed by atoms with E-state index in [1.165, 1.54) is 6.07 Å². The van der Waals surface area contributed by atoms with Crippen molar-refractivity contribution in [1.29, 1.82) is 0 Å². The minimum Gasteiger partial charge on any atom is -0.352 e. The maximum atomic E-state index is 11.9. The summed E-state index contributed by atoms with van der Waals surface area (Å²) in [5, 5.41) is 3.09. The van der Waals surface area contributed by atoms with Gasteiger partial charge in [-0.2, -0.15) is 0 Å². The molecule has 5 nitrogen and oxygen atoms in total. The number of halogens is 2. The minimum atomic E-state index is -3.64. The first-order valence-corrected chi connectivity index (χ1v) is 8.60. The van der Waals surface area contributed by atoms with Gasteiger partial charge in [-0.15, -0.1) is 0 Å². The van der Waals surface area contributed by atoms with Gasteiger partial charge in [-0.05, 0) is 25.0 Å². The molecule has 0 spiro atoms. The zero-order valence-corrected chi connectivity index (χ0v) is 13.1. The van der Waals surface area contributed by atoms with Gasteiger partial charge in [0, 0.05) is 6.04 Å². The van der Waals surface area contributed by atoms with Gasteiger partial charge >= 0.3 is 0 Å². The molecule has 1 aliphatic rings. The van der Waals surface area contributed by atoms with Gasteiger partial charge in [0.25, 0.3) is 0 Å². The van der Waals surface area contributed by atoms with E-state index in [2.05, 4.69) is 5.32 Å². The zero-order chi connectivity index (χ0) is 14.9. The number of rotatable bonds is 5. The van der Waals surface area contributed by atoms with Crippen LogP contribution in [0.4, 0.5) is 5.69 Å². The highest BCUT2D eigenvalue weighted by Gasteiger charge is 2.27. The third kappa shape index (κ3) is 3.77. The molecule has 0 atom stereocenters. The zero-order valence-electron chi connectivity index (χ0n) is 10.8. The summed E-state index contributed by atoms with van der Waals surface area (Å²) < 4.78 is 24.7. The molecule has 0 unspecified atom stereocenters. The molecule has 1 aromatic carbocycles. The standard InChI is InChI=1S/C12H14Cl2N2O3S/c1-20(18,19)16(7-11(17)15-8-5-6-8)10-4-2-3-9(13)12(10)14/h2-4,8H,5-7H2,1H3,(H,15,17). The van der Waals surface area contributed by atoms with Gasteiger partial charge in [0.2, 0.25) is 15.9 Å². The predicted molar refractivity (Wildman–Crippen MR) is 79.8 cm³/mol. The molecule has 1 amide bonds. The smallest absolute Gasteiger partial charge is 0.240 e. The number of hydrogen-bond donors (Lipinski definition) is 1. The minimum absolute atomic E-state index is 0.110. The fraction of sp³-hybridized carbons (Fsp3) is 0.417. The van der Waals surface area contributed by atoms with Crippen LogP contribution in [0.1, 0.15) is 12.8 Å². The molecular weight excluding hydrogens is 323 g/mol. The van der Waals surface area contributed by atoms with Gasteiger partial charge in [-0.1, -0.05) is 29.3 Å². The van der Waals surface area contributed by atoms with Crippen LogP contribution in [0, 0.1) is 0 Å². The van der Waals surface area contributed by atoms with Crippen molar-refractivity contribution < 1.29 is 13.2 Å². The molecule has 0 bridgehead atoms. The number of sulfonamides is 1. The Kier molecular flexibility index (Phi) is 4.46. The lowest BCUT2D eigenvalue weighted by Gasteiger charge is -2.23. The van der Waals surface area contributed by atoms with Gasteiger partial charge in [0.1, 0.15) is 6.54 Å². The summed E-state index contributed by atoms with van der Waals surface area (Å²) in [6, 6.07) is 4.82. The lowest BCUT2D eigenvalue weighted by Crippen LogP contribution is -2.41. The van der Waals surface area contributed by atoms with Crippen LogP contribution in [0.5, 0.6) is 0 Å². The summed E-state index contributed by atoms with van der Waals surface area (Å²) in [7, 11) is -3.64. The second kappa shape index (κ2) is 5.79. The van der Waals surface area contributed by atoms with Crippen molar-refractivity contribution in [3.8, 4) is 0 Å². The summed E-state index contributed by atoms with van der Waals surface area (Å²) in [5.41, 5.74) is 0.201. The van der Waals surface area contributed by atoms with Crippen molar-refractivity contribution in [2.45, 2.75) is 18.9 Å². The van der Waals surface area contributed by atoms with Crippen LogP contribution in [0.3, 0.4) is 0 Å². The highest BCUT2D eigenvalue weighted by Crippen LogP contribution is 2.33. The van der Waals surface area contributed by atoms with E-state index in [1.54, 1.807) is 12.1 Å². The van der Waals surface area contributed by atoms with Crippen molar-refractivity contribution in [2.24, 2.45) is 0 Å². The fourth-order valence-corrected chi connectivity index (χ4v) is 3.01. The van der Waals surface area contributed by atoms with Crippen LogP contribution < -0.4 is 9.62 Å². The molecule has 0 saturated heterocycles. The molecule has 0 radical (unpaired) electrons. The van der Waals surface area contributed by atoms with Crippen LogP contribution >= 0.6 is 23.2 Å². The number of benzene rings is 1. The van der Waals surface area contributed by atoms with E-state index in [1.807, 2.05) is 0 Å². The number of hydrogen-bond acceptors (Lipinski definition) is 3. The normalized spacial score (nSPS) is 14.9. The Morgan fingerprint density at radius 2 is 2.05 bits per heavy atom. The molecule has 0 aliphatic heterocycles. The van der Waals surface area contributed by atoms with E-state index >= 15 is 0 Å². The monoisotopic (exact) mass is 336 g/mol.